The van der Waals surface area contributed by atoms with Gasteiger partial charge in [0.15, 0.2) is 0 Å². The van der Waals surface area contributed by atoms with Crippen LogP contribution in [0.3, 0.4) is 0 Å². The van der Waals surface area contributed by atoms with E-state index in [1.54, 1.807) is 31.2 Å². The summed E-state index contributed by atoms with van der Waals surface area (Å²) in [5.74, 6) is 0.0124. The van der Waals surface area contributed by atoms with E-state index in [1.165, 1.54) is 0 Å². The third kappa shape index (κ3) is 4.97. The number of hydrogen-bond donors (Lipinski definition) is 4. The van der Waals surface area contributed by atoms with Gasteiger partial charge < -0.3 is 34.6 Å². The Morgan fingerprint density at radius 1 is 1.17 bits per heavy atom. The van der Waals surface area contributed by atoms with Gasteiger partial charge in [0.1, 0.15) is 30.2 Å². The van der Waals surface area contributed by atoms with E-state index in [0.717, 1.165) is 11.1 Å². The molecule has 5 atom stereocenters. The predicted octanol–water partition coefficient (Wildman–Crippen LogP) is 0.438. The largest absolute Gasteiger partial charge is 0.466 e. The highest BCUT2D eigenvalue weighted by Crippen LogP contribution is 2.33. The third-order valence-corrected chi connectivity index (χ3v) is 4.81. The van der Waals surface area contributed by atoms with Crippen LogP contribution in [0.5, 0.6) is 5.75 Å². The first-order valence-corrected chi connectivity index (χ1v) is 9.66. The number of aliphatic hydroxyl groups is 4. The van der Waals surface area contributed by atoms with E-state index in [4.69, 9.17) is 14.2 Å². The van der Waals surface area contributed by atoms with Crippen molar-refractivity contribution in [1.82, 2.24) is 0 Å². The standard InChI is InChI=1S/C22H25O8/c1-2-28-18(24)11-13-6-5-7-14(10-13)15-8-3-4-9-16(15)29-22-21(27)20(26)19(25)17(12-23)30-22/h4-10,17,19-23,25-27H,2,11-12H2,1H3/t17-,19-,20+,21+,22-/m1/s1. The minimum atomic E-state index is -1.53. The molecular weight excluding hydrogens is 392 g/mol. The van der Waals surface area contributed by atoms with Crippen LogP contribution in [0.1, 0.15) is 12.5 Å². The van der Waals surface area contributed by atoms with E-state index in [2.05, 4.69) is 6.07 Å². The molecule has 4 N–H and O–H groups in total. The fourth-order valence-corrected chi connectivity index (χ4v) is 3.26. The number of aliphatic hydroxyl groups excluding tert-OH is 4. The lowest BCUT2D eigenvalue weighted by atomic mass is 9.99. The third-order valence-electron chi connectivity index (χ3n) is 4.81. The molecule has 0 saturated carbocycles. The Hall–Kier alpha value is -2.49. The maximum Gasteiger partial charge on any atom is 0.310 e. The minimum Gasteiger partial charge on any atom is -0.466 e. The molecule has 2 aromatic carbocycles. The first kappa shape index (κ1) is 22.2. The van der Waals surface area contributed by atoms with Crippen LogP contribution < -0.4 is 4.74 Å². The second-order valence-corrected chi connectivity index (χ2v) is 6.92. The van der Waals surface area contributed by atoms with Gasteiger partial charge in [0.05, 0.1) is 19.6 Å². The van der Waals surface area contributed by atoms with Gasteiger partial charge in [0.25, 0.3) is 0 Å². The molecule has 30 heavy (non-hydrogen) atoms. The summed E-state index contributed by atoms with van der Waals surface area (Å²) in [6.07, 6.45) is -6.76. The predicted molar refractivity (Wildman–Crippen MR) is 105 cm³/mol. The van der Waals surface area contributed by atoms with Gasteiger partial charge in [-0.25, -0.2) is 0 Å². The second-order valence-electron chi connectivity index (χ2n) is 6.92. The van der Waals surface area contributed by atoms with Crippen LogP contribution in [0.2, 0.25) is 0 Å². The summed E-state index contributed by atoms with van der Waals surface area (Å²) in [5.41, 5.74) is 2.13. The topological polar surface area (TPSA) is 126 Å². The summed E-state index contributed by atoms with van der Waals surface area (Å²) < 4.78 is 16.2. The van der Waals surface area contributed by atoms with Crippen LogP contribution in [0.15, 0.2) is 42.5 Å². The number of carbonyl (C=O) groups is 1. The average Bonchev–Trinajstić information content (AvgIpc) is 2.75. The molecule has 1 aliphatic heterocycles. The van der Waals surface area contributed by atoms with E-state index in [0.29, 0.717) is 17.9 Å². The van der Waals surface area contributed by atoms with E-state index in [1.807, 2.05) is 18.2 Å². The molecule has 0 aliphatic carbocycles. The van der Waals surface area contributed by atoms with Crippen molar-refractivity contribution >= 4 is 5.97 Å². The zero-order chi connectivity index (χ0) is 21.7. The van der Waals surface area contributed by atoms with Gasteiger partial charge in [-0.2, -0.15) is 0 Å². The first-order chi connectivity index (χ1) is 14.4. The number of rotatable bonds is 7. The van der Waals surface area contributed by atoms with Crippen LogP contribution in [0.4, 0.5) is 0 Å². The summed E-state index contributed by atoms with van der Waals surface area (Å²) in [4.78, 5) is 11.8. The molecule has 0 unspecified atom stereocenters. The number of carbonyl (C=O) groups excluding carboxylic acids is 1. The van der Waals surface area contributed by atoms with E-state index in [-0.39, 0.29) is 12.4 Å². The van der Waals surface area contributed by atoms with Gasteiger partial charge in [0, 0.05) is 5.56 Å². The molecule has 1 fully saturated rings. The van der Waals surface area contributed by atoms with Gasteiger partial charge in [-0.05, 0) is 36.2 Å². The molecule has 161 valence electrons. The van der Waals surface area contributed by atoms with Crippen LogP contribution in [-0.4, -0.2) is 70.3 Å². The Morgan fingerprint density at radius 2 is 1.97 bits per heavy atom. The fraction of sp³-hybridized carbons (Fsp3) is 0.409. The highest BCUT2D eigenvalue weighted by atomic mass is 16.7. The van der Waals surface area contributed by atoms with Crippen molar-refractivity contribution in [3.05, 3.63) is 54.1 Å². The van der Waals surface area contributed by atoms with Crippen molar-refractivity contribution in [2.75, 3.05) is 13.2 Å². The van der Waals surface area contributed by atoms with Gasteiger partial charge in [-0.3, -0.25) is 4.79 Å². The van der Waals surface area contributed by atoms with Crippen molar-refractivity contribution in [2.45, 2.75) is 44.1 Å². The molecule has 1 heterocycles. The van der Waals surface area contributed by atoms with Gasteiger partial charge >= 0.3 is 5.97 Å². The second kappa shape index (κ2) is 10.0. The molecule has 8 nitrogen and oxygen atoms in total. The fourth-order valence-electron chi connectivity index (χ4n) is 3.26. The molecule has 0 spiro atoms. The summed E-state index contributed by atoms with van der Waals surface area (Å²) in [6.45, 7) is 1.51. The summed E-state index contributed by atoms with van der Waals surface area (Å²) in [5, 5.41) is 39.5. The molecule has 0 amide bonds. The Balaban J connectivity index is 1.84. The number of esters is 1. The number of benzene rings is 2. The molecule has 8 heteroatoms. The highest BCUT2D eigenvalue weighted by Gasteiger charge is 2.44. The summed E-state index contributed by atoms with van der Waals surface area (Å²) in [6, 6.07) is 15.1. The maximum absolute atomic E-state index is 11.8. The maximum atomic E-state index is 11.8. The number of hydrogen-bond acceptors (Lipinski definition) is 8. The summed E-state index contributed by atoms with van der Waals surface area (Å²) >= 11 is 0. The highest BCUT2D eigenvalue weighted by molar-refractivity contribution is 5.75. The molecule has 0 bridgehead atoms. The SMILES string of the molecule is CCOC(=O)Cc1cccc(-c2c[c]ccc2O[C@@H]2O[C@H](CO)[C@@H](O)[C@H](O)[C@@H]2O)c1. The van der Waals surface area contributed by atoms with Crippen LogP contribution in [0, 0.1) is 6.07 Å². The van der Waals surface area contributed by atoms with Crippen molar-refractivity contribution in [2.24, 2.45) is 0 Å². The smallest absolute Gasteiger partial charge is 0.310 e. The van der Waals surface area contributed by atoms with Crippen molar-refractivity contribution in [3.63, 3.8) is 0 Å². The number of ether oxygens (including phenoxy) is 3. The normalized spacial score (nSPS) is 26.2. The van der Waals surface area contributed by atoms with E-state index in [9.17, 15) is 25.2 Å². The molecule has 3 rings (SSSR count). The lowest BCUT2D eigenvalue weighted by Gasteiger charge is -2.39. The lowest BCUT2D eigenvalue weighted by molar-refractivity contribution is -0.277. The lowest BCUT2D eigenvalue weighted by Crippen LogP contribution is -2.60. The van der Waals surface area contributed by atoms with Gasteiger partial charge in [-0.15, -0.1) is 0 Å². The molecular formula is C22H25O8. The van der Waals surface area contributed by atoms with Crippen LogP contribution in [-0.2, 0) is 20.7 Å². The molecule has 2 aromatic rings. The Labute approximate surface area is 174 Å². The van der Waals surface area contributed by atoms with Crippen molar-refractivity contribution in [1.29, 1.82) is 0 Å². The van der Waals surface area contributed by atoms with Crippen LogP contribution in [0.25, 0.3) is 11.1 Å². The van der Waals surface area contributed by atoms with Crippen molar-refractivity contribution < 1.29 is 39.4 Å². The first-order valence-electron chi connectivity index (χ1n) is 9.66. The monoisotopic (exact) mass is 417 g/mol. The zero-order valence-corrected chi connectivity index (χ0v) is 16.5. The van der Waals surface area contributed by atoms with E-state index >= 15 is 0 Å². The van der Waals surface area contributed by atoms with Gasteiger partial charge in [-0.1, -0.05) is 30.3 Å². The van der Waals surface area contributed by atoms with E-state index < -0.39 is 37.3 Å². The molecule has 0 aromatic heterocycles. The molecule has 1 saturated heterocycles. The zero-order valence-electron chi connectivity index (χ0n) is 16.5. The average molecular weight is 417 g/mol. The quantitative estimate of drug-likeness (QED) is 0.478. The van der Waals surface area contributed by atoms with Crippen molar-refractivity contribution in [3.8, 4) is 16.9 Å². The van der Waals surface area contributed by atoms with Crippen LogP contribution >= 0.6 is 0 Å². The minimum absolute atomic E-state index is 0.126. The Kier molecular flexibility index (Phi) is 7.41. The summed E-state index contributed by atoms with van der Waals surface area (Å²) in [7, 11) is 0. The Morgan fingerprint density at radius 3 is 2.70 bits per heavy atom. The Bertz CT molecular complexity index is 853. The molecule has 1 radical (unpaired) electrons. The van der Waals surface area contributed by atoms with Gasteiger partial charge in [0.2, 0.25) is 6.29 Å². The molecule has 1 aliphatic rings.